The molecule has 0 saturated heterocycles. The molecule has 0 aromatic heterocycles. The van der Waals surface area contributed by atoms with Gasteiger partial charge >= 0.3 is 5.97 Å². The number of nitrogens with one attached hydrogen (secondary N) is 2. The van der Waals surface area contributed by atoms with Crippen molar-refractivity contribution in [2.45, 2.75) is 0 Å². The summed E-state index contributed by atoms with van der Waals surface area (Å²) in [5, 5.41) is 4.74. The standard InChI is InChI=1S/C20H18F2N2O5/c1-28-17-8-2-13(10-16(17)22)3-9-20(27)29-12-19(26)23-11-18(25)24-15-6-4-14(21)5-7-15/h2-10H,11-12H2,1H3,(H,23,26)(H,24,25)/b9-3+. The molecule has 0 aliphatic heterocycles. The number of esters is 1. The van der Waals surface area contributed by atoms with Crippen molar-refractivity contribution in [1.82, 2.24) is 5.32 Å². The van der Waals surface area contributed by atoms with Gasteiger partial charge in [0.25, 0.3) is 5.91 Å². The first-order valence-corrected chi connectivity index (χ1v) is 8.38. The third-order valence-electron chi connectivity index (χ3n) is 3.51. The van der Waals surface area contributed by atoms with Gasteiger partial charge in [-0.25, -0.2) is 13.6 Å². The lowest BCUT2D eigenvalue weighted by molar-refractivity contribution is -0.143. The van der Waals surface area contributed by atoms with E-state index in [1.54, 1.807) is 0 Å². The van der Waals surface area contributed by atoms with E-state index in [2.05, 4.69) is 10.6 Å². The fraction of sp³-hybridized carbons (Fsp3) is 0.150. The Morgan fingerprint density at radius 1 is 1.03 bits per heavy atom. The molecule has 2 aromatic carbocycles. The van der Waals surface area contributed by atoms with E-state index in [9.17, 15) is 23.2 Å². The largest absolute Gasteiger partial charge is 0.494 e. The summed E-state index contributed by atoms with van der Waals surface area (Å²) in [6.45, 7) is -0.946. The molecule has 0 fully saturated rings. The van der Waals surface area contributed by atoms with Crippen molar-refractivity contribution >= 4 is 29.5 Å². The molecule has 2 amide bonds. The second-order valence-electron chi connectivity index (χ2n) is 5.67. The highest BCUT2D eigenvalue weighted by molar-refractivity contribution is 5.95. The maximum absolute atomic E-state index is 13.6. The van der Waals surface area contributed by atoms with Gasteiger partial charge in [0.1, 0.15) is 5.82 Å². The van der Waals surface area contributed by atoms with Gasteiger partial charge in [0.2, 0.25) is 5.91 Å². The second-order valence-corrected chi connectivity index (χ2v) is 5.67. The molecule has 0 atom stereocenters. The van der Waals surface area contributed by atoms with Crippen LogP contribution in [0.2, 0.25) is 0 Å². The van der Waals surface area contributed by atoms with E-state index in [1.165, 1.54) is 55.7 Å². The highest BCUT2D eigenvalue weighted by atomic mass is 19.1. The lowest BCUT2D eigenvalue weighted by Gasteiger charge is -2.07. The Hall–Kier alpha value is -3.75. The van der Waals surface area contributed by atoms with Crippen molar-refractivity contribution in [2.75, 3.05) is 25.6 Å². The maximum atomic E-state index is 13.6. The Morgan fingerprint density at radius 2 is 1.76 bits per heavy atom. The third-order valence-corrected chi connectivity index (χ3v) is 3.51. The molecule has 2 rings (SSSR count). The van der Waals surface area contributed by atoms with Crippen LogP contribution in [-0.2, 0) is 19.1 Å². The molecule has 0 radical (unpaired) electrons. The molecule has 0 heterocycles. The minimum Gasteiger partial charge on any atom is -0.494 e. The Morgan fingerprint density at radius 3 is 2.41 bits per heavy atom. The van der Waals surface area contributed by atoms with Crippen LogP contribution in [0.15, 0.2) is 48.5 Å². The summed E-state index contributed by atoms with van der Waals surface area (Å²) in [6.07, 6.45) is 2.36. The summed E-state index contributed by atoms with van der Waals surface area (Å²) in [6, 6.07) is 9.23. The Labute approximate surface area is 165 Å². The van der Waals surface area contributed by atoms with Crippen molar-refractivity contribution in [3.63, 3.8) is 0 Å². The second kappa shape index (κ2) is 10.5. The average molecular weight is 404 g/mol. The van der Waals surface area contributed by atoms with Crippen molar-refractivity contribution < 1.29 is 32.6 Å². The number of methoxy groups -OCH3 is 1. The predicted octanol–water partition coefficient (Wildman–Crippen LogP) is 2.28. The molecule has 0 unspecified atom stereocenters. The average Bonchev–Trinajstić information content (AvgIpc) is 2.71. The first kappa shape index (κ1) is 21.5. The number of anilines is 1. The lowest BCUT2D eigenvalue weighted by atomic mass is 10.2. The number of hydrogen-bond acceptors (Lipinski definition) is 5. The van der Waals surface area contributed by atoms with Gasteiger partial charge in [-0.2, -0.15) is 0 Å². The van der Waals surface area contributed by atoms with E-state index < -0.39 is 36.0 Å². The molecular weight excluding hydrogens is 386 g/mol. The van der Waals surface area contributed by atoms with Gasteiger partial charge in [0, 0.05) is 11.8 Å². The highest BCUT2D eigenvalue weighted by Crippen LogP contribution is 2.18. The lowest BCUT2D eigenvalue weighted by Crippen LogP contribution is -2.35. The molecule has 2 aromatic rings. The fourth-order valence-corrected chi connectivity index (χ4v) is 2.10. The van der Waals surface area contributed by atoms with Crippen LogP contribution in [0.4, 0.5) is 14.5 Å². The van der Waals surface area contributed by atoms with Crippen LogP contribution in [-0.4, -0.2) is 38.0 Å². The van der Waals surface area contributed by atoms with Crippen LogP contribution < -0.4 is 15.4 Å². The molecule has 0 aliphatic rings. The number of hydrogen-bond donors (Lipinski definition) is 2. The zero-order chi connectivity index (χ0) is 21.2. The van der Waals surface area contributed by atoms with Gasteiger partial charge in [-0.05, 0) is 48.0 Å². The molecule has 2 N–H and O–H groups in total. The van der Waals surface area contributed by atoms with Crippen molar-refractivity contribution in [3.8, 4) is 5.75 Å². The summed E-state index contributed by atoms with van der Waals surface area (Å²) in [5.41, 5.74) is 0.777. The Kier molecular flexibility index (Phi) is 7.84. The quantitative estimate of drug-likeness (QED) is 0.520. The Balaban J connectivity index is 1.71. The Bertz CT molecular complexity index is 914. The van der Waals surface area contributed by atoms with E-state index >= 15 is 0 Å². The van der Waals surface area contributed by atoms with Gasteiger partial charge < -0.3 is 20.1 Å². The van der Waals surface area contributed by atoms with Crippen LogP contribution in [0.25, 0.3) is 6.08 Å². The van der Waals surface area contributed by atoms with Crippen molar-refractivity contribution in [3.05, 3.63) is 65.7 Å². The number of rotatable bonds is 8. The summed E-state index contributed by atoms with van der Waals surface area (Å²) in [7, 11) is 1.34. The number of amides is 2. The summed E-state index contributed by atoms with van der Waals surface area (Å²) < 4.78 is 35.9. The molecule has 29 heavy (non-hydrogen) atoms. The van der Waals surface area contributed by atoms with Crippen LogP contribution in [0.5, 0.6) is 5.75 Å². The van der Waals surface area contributed by atoms with Gasteiger partial charge in [-0.15, -0.1) is 0 Å². The molecule has 9 heteroatoms. The molecule has 0 spiro atoms. The number of benzene rings is 2. The van der Waals surface area contributed by atoms with Gasteiger partial charge in [0.15, 0.2) is 18.2 Å². The highest BCUT2D eigenvalue weighted by Gasteiger charge is 2.08. The third kappa shape index (κ3) is 7.41. The maximum Gasteiger partial charge on any atom is 0.331 e. The number of halogens is 2. The van der Waals surface area contributed by atoms with E-state index in [4.69, 9.17) is 9.47 Å². The van der Waals surface area contributed by atoms with E-state index in [-0.39, 0.29) is 12.3 Å². The zero-order valence-electron chi connectivity index (χ0n) is 15.4. The van der Waals surface area contributed by atoms with Crippen LogP contribution in [0.1, 0.15) is 5.56 Å². The number of carbonyl (C=O) groups excluding carboxylic acids is 3. The smallest absolute Gasteiger partial charge is 0.331 e. The molecule has 0 bridgehead atoms. The zero-order valence-corrected chi connectivity index (χ0v) is 15.4. The molecule has 0 aliphatic carbocycles. The van der Waals surface area contributed by atoms with Crippen LogP contribution >= 0.6 is 0 Å². The fourth-order valence-electron chi connectivity index (χ4n) is 2.10. The number of ether oxygens (including phenoxy) is 2. The molecule has 7 nitrogen and oxygen atoms in total. The topological polar surface area (TPSA) is 93.7 Å². The van der Waals surface area contributed by atoms with Gasteiger partial charge in [0.05, 0.1) is 13.7 Å². The van der Waals surface area contributed by atoms with Crippen LogP contribution in [0.3, 0.4) is 0 Å². The summed E-state index contributed by atoms with van der Waals surface area (Å²) in [4.78, 5) is 34.9. The van der Waals surface area contributed by atoms with Crippen LogP contribution in [0, 0.1) is 11.6 Å². The minimum absolute atomic E-state index is 0.0739. The minimum atomic E-state index is -0.813. The van der Waals surface area contributed by atoms with Gasteiger partial charge in [-0.1, -0.05) is 6.07 Å². The molecule has 152 valence electrons. The summed E-state index contributed by atoms with van der Waals surface area (Å²) in [5.74, 6) is -2.98. The van der Waals surface area contributed by atoms with E-state index in [0.717, 1.165) is 6.08 Å². The van der Waals surface area contributed by atoms with Gasteiger partial charge in [-0.3, -0.25) is 9.59 Å². The number of carbonyl (C=O) groups is 3. The van der Waals surface area contributed by atoms with E-state index in [0.29, 0.717) is 11.3 Å². The molecule has 0 saturated carbocycles. The normalized spacial score (nSPS) is 10.4. The van der Waals surface area contributed by atoms with Crippen molar-refractivity contribution in [1.29, 1.82) is 0 Å². The first-order valence-electron chi connectivity index (χ1n) is 8.38. The monoisotopic (exact) mass is 404 g/mol. The predicted molar refractivity (Wildman–Crippen MR) is 101 cm³/mol. The van der Waals surface area contributed by atoms with E-state index in [1.807, 2.05) is 0 Å². The summed E-state index contributed by atoms with van der Waals surface area (Å²) >= 11 is 0. The SMILES string of the molecule is COc1ccc(/C=C/C(=O)OCC(=O)NCC(=O)Nc2ccc(F)cc2)cc1F. The first-order chi connectivity index (χ1) is 13.9. The molecular formula is C20H18F2N2O5. The van der Waals surface area contributed by atoms with Crippen molar-refractivity contribution in [2.24, 2.45) is 0 Å².